The van der Waals surface area contributed by atoms with Crippen molar-refractivity contribution >= 4 is 32.9 Å². The van der Waals surface area contributed by atoms with Crippen LogP contribution in [-0.4, -0.2) is 35.0 Å². The van der Waals surface area contributed by atoms with E-state index in [0.29, 0.717) is 16.6 Å². The molecule has 3 aromatic rings. The molecule has 10 nitrogen and oxygen atoms in total. The summed E-state index contributed by atoms with van der Waals surface area (Å²) in [5, 5.41) is 8.74. The number of aliphatic carboxylic acids is 1. The Labute approximate surface area is 164 Å². The quantitative estimate of drug-likeness (QED) is 0.460. The molecule has 3 rings (SSSR count). The molecule has 0 aliphatic rings. The summed E-state index contributed by atoms with van der Waals surface area (Å²) in [5.41, 5.74) is 2.94. The minimum absolute atomic E-state index is 0.154. The van der Waals surface area contributed by atoms with Crippen LogP contribution in [-0.2, 0) is 32.6 Å². The summed E-state index contributed by atoms with van der Waals surface area (Å²) in [6, 6.07) is 11.9. The van der Waals surface area contributed by atoms with Gasteiger partial charge in [0.05, 0.1) is 28.5 Å². The van der Waals surface area contributed by atoms with Gasteiger partial charge in [-0.2, -0.15) is 0 Å². The Bertz CT molecular complexity index is 1240. The Morgan fingerprint density at radius 1 is 1.07 bits per heavy atom. The fourth-order valence-electron chi connectivity index (χ4n) is 2.61. The van der Waals surface area contributed by atoms with E-state index in [0.717, 1.165) is 6.20 Å². The van der Waals surface area contributed by atoms with Gasteiger partial charge in [0, 0.05) is 0 Å². The highest BCUT2D eigenvalue weighted by Gasteiger charge is 2.16. The van der Waals surface area contributed by atoms with Crippen molar-refractivity contribution in [1.29, 1.82) is 0 Å². The van der Waals surface area contributed by atoms with Gasteiger partial charge in [-0.15, -0.1) is 4.83 Å². The van der Waals surface area contributed by atoms with E-state index in [9.17, 15) is 22.8 Å². The van der Waals surface area contributed by atoms with E-state index in [4.69, 9.17) is 5.11 Å². The van der Waals surface area contributed by atoms with E-state index in [1.165, 1.54) is 28.8 Å². The van der Waals surface area contributed by atoms with Crippen LogP contribution in [0.3, 0.4) is 0 Å². The van der Waals surface area contributed by atoms with Gasteiger partial charge in [0.15, 0.2) is 0 Å². The van der Waals surface area contributed by atoms with Crippen molar-refractivity contribution in [3.05, 3.63) is 70.6 Å². The number of carbonyl (C=O) groups excluding carboxylic acids is 1. The van der Waals surface area contributed by atoms with Crippen LogP contribution in [0.2, 0.25) is 0 Å². The van der Waals surface area contributed by atoms with Crippen molar-refractivity contribution in [3.8, 4) is 0 Å². The number of para-hydroxylation sites is 2. The zero-order valence-corrected chi connectivity index (χ0v) is 15.7. The Morgan fingerprint density at radius 3 is 2.45 bits per heavy atom. The number of fused-ring (bicyclic) bond motifs is 1. The number of carbonyl (C=O) groups is 2. The maximum Gasteiger partial charge on any atom is 0.307 e. The first kappa shape index (κ1) is 20.2. The molecule has 0 aliphatic carbocycles. The number of nitrogens with zero attached hydrogens (tertiary/aromatic N) is 2. The number of hydrazine groups is 1. The lowest BCUT2D eigenvalue weighted by molar-refractivity contribution is -0.136. The molecular weight excluding hydrogens is 400 g/mol. The smallest absolute Gasteiger partial charge is 0.307 e. The summed E-state index contributed by atoms with van der Waals surface area (Å²) in [7, 11) is -4.07. The number of sulfonamides is 1. The van der Waals surface area contributed by atoms with E-state index in [-0.39, 0.29) is 11.3 Å². The second-order valence-electron chi connectivity index (χ2n) is 6.04. The van der Waals surface area contributed by atoms with E-state index in [1.807, 2.05) is 4.83 Å². The Balaban J connectivity index is 1.70. The van der Waals surface area contributed by atoms with Crippen molar-refractivity contribution in [3.63, 3.8) is 0 Å². The molecule has 1 heterocycles. The number of aromatic nitrogens is 2. The molecule has 3 N–H and O–H groups in total. The Kier molecular flexibility index (Phi) is 5.71. The van der Waals surface area contributed by atoms with Crippen molar-refractivity contribution < 1.29 is 23.1 Å². The lowest BCUT2D eigenvalue weighted by Crippen LogP contribution is -2.44. The van der Waals surface area contributed by atoms with Crippen LogP contribution in [0, 0.1) is 0 Å². The first-order chi connectivity index (χ1) is 13.8. The first-order valence-corrected chi connectivity index (χ1v) is 9.80. The average molecular weight is 416 g/mol. The maximum absolute atomic E-state index is 12.3. The molecule has 0 saturated carbocycles. The lowest BCUT2D eigenvalue weighted by Gasteiger charge is -2.11. The van der Waals surface area contributed by atoms with E-state index in [2.05, 4.69) is 10.4 Å². The summed E-state index contributed by atoms with van der Waals surface area (Å²) in [4.78, 5) is 40.7. The standard InChI is InChI=1S/C18H16N4O6S/c23-16(11-22-15-4-2-1-3-14(15)19-10-17(22)24)20-21-29(27,28)13-7-5-12(6-8-13)9-18(25)26/h1-8,10,21H,9,11H2,(H,20,23)(H,25,26). The number of amides is 1. The molecule has 0 bridgehead atoms. The normalized spacial score (nSPS) is 11.3. The SMILES string of the molecule is O=C(O)Cc1ccc(S(=O)(=O)NNC(=O)Cn2c(=O)cnc3ccccc32)cc1. The van der Waals surface area contributed by atoms with Crippen LogP contribution in [0.5, 0.6) is 0 Å². The van der Waals surface area contributed by atoms with Crippen molar-refractivity contribution in [2.75, 3.05) is 0 Å². The number of nitrogens with one attached hydrogen (secondary N) is 2. The highest BCUT2D eigenvalue weighted by atomic mass is 32.2. The number of rotatable bonds is 7. The van der Waals surface area contributed by atoms with Gasteiger partial charge in [-0.05, 0) is 29.8 Å². The zero-order chi connectivity index (χ0) is 21.0. The molecule has 29 heavy (non-hydrogen) atoms. The van der Waals surface area contributed by atoms with Crippen molar-refractivity contribution in [2.24, 2.45) is 0 Å². The fourth-order valence-corrected chi connectivity index (χ4v) is 3.47. The average Bonchev–Trinajstić information content (AvgIpc) is 2.69. The number of benzene rings is 2. The fraction of sp³-hybridized carbons (Fsp3) is 0.111. The summed E-state index contributed by atoms with van der Waals surface area (Å²) in [6.45, 7) is -0.415. The van der Waals surface area contributed by atoms with Crippen LogP contribution < -0.4 is 15.8 Å². The molecule has 0 fully saturated rings. The van der Waals surface area contributed by atoms with Crippen LogP contribution in [0.4, 0.5) is 0 Å². The third-order valence-corrected chi connectivity index (χ3v) is 5.23. The van der Waals surface area contributed by atoms with Crippen molar-refractivity contribution in [1.82, 2.24) is 19.8 Å². The summed E-state index contributed by atoms with van der Waals surface area (Å²) >= 11 is 0. The minimum atomic E-state index is -4.07. The molecule has 0 atom stereocenters. The predicted molar refractivity (Wildman–Crippen MR) is 102 cm³/mol. The molecule has 0 aliphatic heterocycles. The van der Waals surface area contributed by atoms with Crippen LogP contribution in [0.1, 0.15) is 5.56 Å². The van der Waals surface area contributed by atoms with Gasteiger partial charge in [-0.1, -0.05) is 24.3 Å². The van der Waals surface area contributed by atoms with Crippen LogP contribution in [0.15, 0.2) is 64.4 Å². The van der Waals surface area contributed by atoms with Gasteiger partial charge < -0.3 is 5.11 Å². The molecule has 11 heteroatoms. The van der Waals surface area contributed by atoms with Gasteiger partial charge in [-0.3, -0.25) is 24.4 Å². The maximum atomic E-state index is 12.3. The molecule has 0 spiro atoms. The van der Waals surface area contributed by atoms with E-state index in [1.54, 1.807) is 24.3 Å². The highest BCUT2D eigenvalue weighted by Crippen LogP contribution is 2.11. The minimum Gasteiger partial charge on any atom is -0.481 e. The van der Waals surface area contributed by atoms with E-state index < -0.39 is 34.0 Å². The summed E-state index contributed by atoms with van der Waals surface area (Å²) in [5.74, 6) is -1.79. The number of carboxylic acids is 1. The van der Waals surface area contributed by atoms with Gasteiger partial charge in [0.2, 0.25) is 0 Å². The number of hydrogen-bond donors (Lipinski definition) is 3. The Hall–Kier alpha value is -3.57. The topological polar surface area (TPSA) is 147 Å². The predicted octanol–water partition coefficient (Wildman–Crippen LogP) is 0.0333. The Morgan fingerprint density at radius 2 is 1.76 bits per heavy atom. The second-order valence-corrected chi connectivity index (χ2v) is 7.72. The van der Waals surface area contributed by atoms with Gasteiger partial charge in [0.1, 0.15) is 6.54 Å². The van der Waals surface area contributed by atoms with Crippen LogP contribution in [0.25, 0.3) is 11.0 Å². The van der Waals surface area contributed by atoms with E-state index >= 15 is 0 Å². The molecular formula is C18H16N4O6S. The molecule has 150 valence electrons. The van der Waals surface area contributed by atoms with Crippen molar-refractivity contribution in [2.45, 2.75) is 17.9 Å². The lowest BCUT2D eigenvalue weighted by atomic mass is 10.2. The summed E-state index contributed by atoms with van der Waals surface area (Å²) < 4.78 is 25.7. The molecule has 0 radical (unpaired) electrons. The second kappa shape index (κ2) is 8.20. The zero-order valence-electron chi connectivity index (χ0n) is 14.9. The molecule has 1 aromatic heterocycles. The number of carboxylic acid groups (broad SMARTS) is 1. The molecule has 0 unspecified atom stereocenters. The third kappa shape index (κ3) is 4.83. The monoisotopic (exact) mass is 416 g/mol. The first-order valence-electron chi connectivity index (χ1n) is 8.32. The molecule has 1 amide bonds. The van der Waals surface area contributed by atoms with Gasteiger partial charge >= 0.3 is 5.97 Å². The largest absolute Gasteiger partial charge is 0.481 e. The highest BCUT2D eigenvalue weighted by molar-refractivity contribution is 7.89. The summed E-state index contributed by atoms with van der Waals surface area (Å²) in [6.07, 6.45) is 0.845. The van der Waals surface area contributed by atoms with Gasteiger partial charge in [0.25, 0.3) is 21.5 Å². The third-order valence-electron chi connectivity index (χ3n) is 3.97. The van der Waals surface area contributed by atoms with Crippen LogP contribution >= 0.6 is 0 Å². The molecule has 0 saturated heterocycles. The number of hydrogen-bond acceptors (Lipinski definition) is 6. The molecule has 2 aromatic carbocycles. The van der Waals surface area contributed by atoms with Gasteiger partial charge in [-0.25, -0.2) is 13.4 Å².